The molecule has 9 heteroatoms. The molecule has 1 aromatic heterocycles. The lowest BCUT2D eigenvalue weighted by atomic mass is 10.1. The van der Waals surface area contributed by atoms with E-state index < -0.39 is 23.6 Å². The first-order chi connectivity index (χ1) is 14.4. The molecule has 0 fully saturated rings. The molecule has 2 aliphatic rings. The maximum absolute atomic E-state index is 12.8. The number of imide groups is 2. The zero-order valence-corrected chi connectivity index (χ0v) is 16.4. The lowest BCUT2D eigenvalue weighted by molar-refractivity contribution is 0.0912. The van der Waals surface area contributed by atoms with Gasteiger partial charge in [0.2, 0.25) is 0 Å². The van der Waals surface area contributed by atoms with E-state index in [0.717, 1.165) is 9.80 Å². The second-order valence-corrected chi connectivity index (χ2v) is 7.50. The predicted molar refractivity (Wildman–Crippen MR) is 109 cm³/mol. The first-order valence-corrected chi connectivity index (χ1v) is 9.46. The number of amides is 4. The van der Waals surface area contributed by atoms with Gasteiger partial charge < -0.3 is 0 Å². The van der Waals surface area contributed by atoms with Gasteiger partial charge in [-0.3, -0.25) is 19.2 Å². The normalized spacial score (nSPS) is 15.1. The molecule has 30 heavy (non-hydrogen) atoms. The molecule has 5 rings (SSSR count). The van der Waals surface area contributed by atoms with Crippen molar-refractivity contribution in [3.63, 3.8) is 0 Å². The Morgan fingerprint density at radius 1 is 0.567 bits per heavy atom. The van der Waals surface area contributed by atoms with Crippen LogP contribution in [0.15, 0.2) is 54.6 Å². The van der Waals surface area contributed by atoms with E-state index in [1.54, 1.807) is 0 Å². The molecule has 0 unspecified atom stereocenters. The van der Waals surface area contributed by atoms with Crippen LogP contribution in [-0.2, 0) is 0 Å². The molecule has 3 heterocycles. The van der Waals surface area contributed by atoms with Gasteiger partial charge in [0.1, 0.15) is 11.6 Å². The van der Waals surface area contributed by atoms with E-state index >= 15 is 0 Å². The van der Waals surface area contributed by atoms with E-state index in [1.807, 2.05) is 0 Å². The maximum Gasteiger partial charge on any atom is 0.267 e. The zero-order valence-electron chi connectivity index (χ0n) is 14.9. The van der Waals surface area contributed by atoms with Crippen molar-refractivity contribution < 1.29 is 19.2 Å². The van der Waals surface area contributed by atoms with Crippen LogP contribution in [0, 0.1) is 0 Å². The van der Waals surface area contributed by atoms with E-state index in [-0.39, 0.29) is 33.9 Å². The SMILES string of the molecule is O=C1c2ccc(Cl)cc2C(=O)N1c1cccc(N2C(=O)c3ccc(Cl)cc3C2=O)n1. The molecular formula is C21H9Cl2N3O4. The summed E-state index contributed by atoms with van der Waals surface area (Å²) in [4.78, 5) is 57.1. The molecule has 2 aliphatic heterocycles. The van der Waals surface area contributed by atoms with Crippen LogP contribution >= 0.6 is 23.2 Å². The number of carbonyl (C=O) groups is 4. The minimum Gasteiger partial charge on any atom is -0.268 e. The fraction of sp³-hybridized carbons (Fsp3) is 0. The van der Waals surface area contributed by atoms with Gasteiger partial charge in [-0.25, -0.2) is 14.8 Å². The Balaban J connectivity index is 1.55. The molecule has 3 aromatic rings. The Bertz CT molecular complexity index is 1220. The summed E-state index contributed by atoms with van der Waals surface area (Å²) < 4.78 is 0. The summed E-state index contributed by atoms with van der Waals surface area (Å²) in [6.45, 7) is 0. The monoisotopic (exact) mass is 437 g/mol. The molecule has 0 radical (unpaired) electrons. The second-order valence-electron chi connectivity index (χ2n) is 6.63. The number of hydrogen-bond donors (Lipinski definition) is 0. The highest BCUT2D eigenvalue weighted by Gasteiger charge is 2.40. The van der Waals surface area contributed by atoms with Crippen molar-refractivity contribution in [1.82, 2.24) is 4.98 Å². The maximum atomic E-state index is 12.8. The minimum atomic E-state index is -0.587. The van der Waals surface area contributed by atoms with Crippen molar-refractivity contribution in [3.05, 3.63) is 86.9 Å². The molecule has 0 atom stereocenters. The van der Waals surface area contributed by atoms with Gasteiger partial charge in [-0.1, -0.05) is 29.3 Å². The molecule has 0 N–H and O–H groups in total. The Labute approximate surface area is 179 Å². The number of rotatable bonds is 2. The van der Waals surface area contributed by atoms with Crippen molar-refractivity contribution in [2.75, 3.05) is 9.80 Å². The smallest absolute Gasteiger partial charge is 0.267 e. The number of pyridine rings is 1. The van der Waals surface area contributed by atoms with Crippen molar-refractivity contribution in [2.24, 2.45) is 0 Å². The van der Waals surface area contributed by atoms with Crippen molar-refractivity contribution in [3.8, 4) is 0 Å². The molecule has 2 aromatic carbocycles. The fourth-order valence-corrected chi connectivity index (χ4v) is 3.85. The molecule has 0 bridgehead atoms. The van der Waals surface area contributed by atoms with Gasteiger partial charge in [0, 0.05) is 10.0 Å². The van der Waals surface area contributed by atoms with Crippen LogP contribution in [0.1, 0.15) is 41.4 Å². The number of hydrogen-bond acceptors (Lipinski definition) is 5. The van der Waals surface area contributed by atoms with Crippen molar-refractivity contribution >= 4 is 58.5 Å². The first kappa shape index (κ1) is 18.5. The first-order valence-electron chi connectivity index (χ1n) is 8.70. The van der Waals surface area contributed by atoms with E-state index in [2.05, 4.69) is 4.98 Å². The summed E-state index contributed by atoms with van der Waals surface area (Å²) in [7, 11) is 0. The molecule has 146 valence electrons. The lowest BCUT2D eigenvalue weighted by Crippen LogP contribution is -2.33. The molecule has 0 spiro atoms. The average Bonchev–Trinajstić information content (AvgIpc) is 3.12. The van der Waals surface area contributed by atoms with Crippen LogP contribution in [0.4, 0.5) is 11.6 Å². The van der Waals surface area contributed by atoms with Crippen molar-refractivity contribution in [1.29, 1.82) is 0 Å². The Hall–Kier alpha value is -3.55. The summed E-state index contributed by atoms with van der Waals surface area (Å²) in [6.07, 6.45) is 0. The van der Waals surface area contributed by atoms with E-state index in [0.29, 0.717) is 10.0 Å². The standard InChI is InChI=1S/C21H9Cl2N3O4/c22-10-4-6-12-14(8-10)20(29)25(18(12)27)16-2-1-3-17(24-16)26-19(28)13-7-5-11(23)9-15(13)21(26)30/h1-9H. The Morgan fingerprint density at radius 2 is 0.967 bits per heavy atom. The summed E-state index contributed by atoms with van der Waals surface area (Å²) in [5.41, 5.74) is 0.726. The minimum absolute atomic E-state index is 0.00980. The molecule has 0 saturated carbocycles. The summed E-state index contributed by atoms with van der Waals surface area (Å²) in [5.74, 6) is -2.32. The second kappa shape index (κ2) is 6.48. The van der Waals surface area contributed by atoms with Crippen LogP contribution in [-0.4, -0.2) is 28.6 Å². The van der Waals surface area contributed by atoms with Gasteiger partial charge in [0.05, 0.1) is 22.3 Å². The van der Waals surface area contributed by atoms with E-state index in [1.165, 1.54) is 54.6 Å². The van der Waals surface area contributed by atoms with E-state index in [9.17, 15) is 19.2 Å². The Kier molecular flexibility index (Phi) is 3.99. The number of aromatic nitrogens is 1. The lowest BCUT2D eigenvalue weighted by Gasteiger charge is -2.17. The van der Waals surface area contributed by atoms with Gasteiger partial charge in [0.15, 0.2) is 0 Å². The number of halogens is 2. The number of anilines is 2. The number of benzene rings is 2. The van der Waals surface area contributed by atoms with Crippen LogP contribution < -0.4 is 9.80 Å². The number of carbonyl (C=O) groups excluding carboxylic acids is 4. The quantitative estimate of drug-likeness (QED) is 0.565. The van der Waals surface area contributed by atoms with Crippen LogP contribution in [0.5, 0.6) is 0 Å². The largest absolute Gasteiger partial charge is 0.268 e. The van der Waals surface area contributed by atoms with Crippen LogP contribution in [0.3, 0.4) is 0 Å². The number of fused-ring (bicyclic) bond motifs is 2. The highest BCUT2D eigenvalue weighted by Crippen LogP contribution is 2.33. The molecule has 7 nitrogen and oxygen atoms in total. The number of nitrogens with zero attached hydrogens (tertiary/aromatic N) is 3. The summed E-state index contributed by atoms with van der Waals surface area (Å²) in [6, 6.07) is 13.2. The van der Waals surface area contributed by atoms with Gasteiger partial charge in [-0.05, 0) is 48.5 Å². The third-order valence-electron chi connectivity index (χ3n) is 4.88. The summed E-state index contributed by atoms with van der Waals surface area (Å²) in [5, 5.41) is 0.645. The highest BCUT2D eigenvalue weighted by molar-refractivity contribution is 6.38. The van der Waals surface area contributed by atoms with Gasteiger partial charge in [-0.15, -0.1) is 0 Å². The topological polar surface area (TPSA) is 87.7 Å². The Morgan fingerprint density at radius 3 is 1.40 bits per heavy atom. The van der Waals surface area contributed by atoms with Crippen LogP contribution in [0.2, 0.25) is 10.0 Å². The third-order valence-corrected chi connectivity index (χ3v) is 5.35. The van der Waals surface area contributed by atoms with Gasteiger partial charge >= 0.3 is 0 Å². The average molecular weight is 438 g/mol. The molecule has 4 amide bonds. The molecule has 0 aliphatic carbocycles. The summed E-state index contributed by atoms with van der Waals surface area (Å²) >= 11 is 11.9. The van der Waals surface area contributed by atoms with Gasteiger partial charge in [-0.2, -0.15) is 0 Å². The third kappa shape index (κ3) is 2.56. The molecule has 0 saturated heterocycles. The zero-order chi connectivity index (χ0) is 21.2. The molecular weight excluding hydrogens is 429 g/mol. The fourth-order valence-electron chi connectivity index (χ4n) is 3.50. The van der Waals surface area contributed by atoms with Crippen molar-refractivity contribution in [2.45, 2.75) is 0 Å². The highest BCUT2D eigenvalue weighted by atomic mass is 35.5. The van der Waals surface area contributed by atoms with E-state index in [4.69, 9.17) is 23.2 Å². The van der Waals surface area contributed by atoms with Crippen LogP contribution in [0.25, 0.3) is 0 Å². The van der Waals surface area contributed by atoms with Gasteiger partial charge in [0.25, 0.3) is 23.6 Å². The predicted octanol–water partition coefficient (Wildman–Crippen LogP) is 3.99.